The number of likely N-dealkylation sites (N-methyl/N-ethyl adjacent to an activating group) is 1. The van der Waals surface area contributed by atoms with Gasteiger partial charge in [-0.3, -0.25) is 4.90 Å². The second-order valence-corrected chi connectivity index (χ2v) is 2.05. The maximum atomic E-state index is 5.16. The van der Waals surface area contributed by atoms with Gasteiger partial charge >= 0.3 is 0 Å². The quantitative estimate of drug-likeness (QED) is 0.457. The highest BCUT2D eigenvalue weighted by Gasteiger charge is 2.05. The number of nitrogens with zero attached hydrogens (tertiary/aromatic N) is 1. The van der Waals surface area contributed by atoms with E-state index >= 15 is 0 Å². The Morgan fingerprint density at radius 2 is 1.89 bits per heavy atom. The second kappa shape index (κ2) is 4.83. The molecule has 1 aliphatic heterocycles. The number of ether oxygens (including phenoxy) is 1. The summed E-state index contributed by atoms with van der Waals surface area (Å²) in [5.41, 5.74) is 0. The van der Waals surface area contributed by atoms with Crippen LogP contribution in [0.15, 0.2) is 0 Å². The monoisotopic (exact) mass is 126 g/mol. The lowest BCUT2D eigenvalue weighted by Gasteiger charge is -2.24. The summed E-state index contributed by atoms with van der Waals surface area (Å²) in [6, 6.07) is 0. The summed E-state index contributed by atoms with van der Waals surface area (Å²) in [5, 5.41) is 0. The molecule has 9 heavy (non-hydrogen) atoms. The van der Waals surface area contributed by atoms with E-state index in [1.807, 2.05) is 0 Å². The lowest BCUT2D eigenvalue weighted by Crippen LogP contribution is -2.35. The molecule has 1 aliphatic rings. The highest BCUT2D eigenvalue weighted by Crippen LogP contribution is 1.93. The molecule has 3 radical (unpaired) electrons. The largest absolute Gasteiger partial charge is 0.379 e. The number of hydrogen-bond donors (Lipinski definition) is 0. The molecule has 0 aromatic heterocycles. The molecular weight excluding hydrogens is 113 g/mol. The van der Waals surface area contributed by atoms with Gasteiger partial charge in [0.2, 0.25) is 0 Å². The molecule has 0 aromatic rings. The van der Waals surface area contributed by atoms with Crippen LogP contribution in [-0.4, -0.2) is 46.2 Å². The highest BCUT2D eigenvalue weighted by atomic mass is 16.5. The van der Waals surface area contributed by atoms with Gasteiger partial charge in [0.1, 0.15) is 0 Å². The SMILES string of the molecule is CCN1CCOCC1.[B]. The van der Waals surface area contributed by atoms with Crippen molar-refractivity contribution in [2.45, 2.75) is 6.92 Å². The molecule has 0 saturated carbocycles. The summed E-state index contributed by atoms with van der Waals surface area (Å²) < 4.78 is 5.16. The normalized spacial score (nSPS) is 21.0. The first-order valence-corrected chi connectivity index (χ1v) is 3.23. The van der Waals surface area contributed by atoms with Gasteiger partial charge in [-0.1, -0.05) is 6.92 Å². The summed E-state index contributed by atoms with van der Waals surface area (Å²) in [6.45, 7) is 7.45. The third kappa shape index (κ3) is 2.87. The van der Waals surface area contributed by atoms with Crippen molar-refractivity contribution in [3.8, 4) is 0 Å². The maximum absolute atomic E-state index is 5.16. The van der Waals surface area contributed by atoms with Crippen molar-refractivity contribution in [3.63, 3.8) is 0 Å². The first-order valence-electron chi connectivity index (χ1n) is 3.23. The lowest BCUT2D eigenvalue weighted by atomic mass is 10.4. The first-order chi connectivity index (χ1) is 3.93. The predicted octanol–water partition coefficient (Wildman–Crippen LogP) is -0.0423. The lowest BCUT2D eigenvalue weighted by molar-refractivity contribution is 0.0405. The van der Waals surface area contributed by atoms with Gasteiger partial charge in [0.05, 0.1) is 13.2 Å². The third-order valence-electron chi connectivity index (χ3n) is 1.55. The molecule has 0 bridgehead atoms. The summed E-state index contributed by atoms with van der Waals surface area (Å²) in [4.78, 5) is 2.39. The fourth-order valence-electron chi connectivity index (χ4n) is 0.917. The molecule has 1 fully saturated rings. The average molecular weight is 126 g/mol. The summed E-state index contributed by atoms with van der Waals surface area (Å²) >= 11 is 0. The van der Waals surface area contributed by atoms with Gasteiger partial charge in [-0.2, -0.15) is 0 Å². The van der Waals surface area contributed by atoms with Gasteiger partial charge in [-0.15, -0.1) is 0 Å². The molecule has 3 heteroatoms. The van der Waals surface area contributed by atoms with Gasteiger partial charge in [0.25, 0.3) is 0 Å². The van der Waals surface area contributed by atoms with Crippen molar-refractivity contribution in [3.05, 3.63) is 0 Å². The smallest absolute Gasteiger partial charge is 0.0594 e. The van der Waals surface area contributed by atoms with E-state index in [0.717, 1.165) is 26.3 Å². The predicted molar refractivity (Wildman–Crippen MR) is 38.7 cm³/mol. The molecule has 0 atom stereocenters. The zero-order valence-corrected chi connectivity index (χ0v) is 5.97. The van der Waals surface area contributed by atoms with E-state index in [1.54, 1.807) is 0 Å². The third-order valence-corrected chi connectivity index (χ3v) is 1.55. The Balaban J connectivity index is 0.000000640. The minimum atomic E-state index is 0. The molecule has 0 amide bonds. The molecular formula is C6H13BNO. The Labute approximate surface area is 58.8 Å². The van der Waals surface area contributed by atoms with Crippen molar-refractivity contribution in [2.75, 3.05) is 32.8 Å². The molecule has 1 rings (SSSR count). The van der Waals surface area contributed by atoms with Crippen LogP contribution in [0.2, 0.25) is 0 Å². The Morgan fingerprint density at radius 1 is 1.33 bits per heavy atom. The van der Waals surface area contributed by atoms with E-state index in [1.165, 1.54) is 6.54 Å². The fourth-order valence-corrected chi connectivity index (χ4v) is 0.917. The van der Waals surface area contributed by atoms with Gasteiger partial charge in [-0.05, 0) is 6.54 Å². The Kier molecular flexibility index (Phi) is 4.82. The van der Waals surface area contributed by atoms with Crippen molar-refractivity contribution < 1.29 is 4.74 Å². The van der Waals surface area contributed by atoms with Crippen molar-refractivity contribution in [1.82, 2.24) is 4.90 Å². The minimum absolute atomic E-state index is 0. The van der Waals surface area contributed by atoms with Crippen LogP contribution < -0.4 is 0 Å². The molecule has 0 aromatic carbocycles. The van der Waals surface area contributed by atoms with Gasteiger partial charge < -0.3 is 4.74 Å². The van der Waals surface area contributed by atoms with Crippen LogP contribution in [0.25, 0.3) is 0 Å². The Morgan fingerprint density at radius 3 is 2.22 bits per heavy atom. The van der Waals surface area contributed by atoms with Crippen molar-refractivity contribution >= 4 is 8.41 Å². The standard InChI is InChI=1S/C6H13NO.B/c1-2-7-3-5-8-6-4-7;/h2-6H2,1H3;. The van der Waals surface area contributed by atoms with Gasteiger partial charge in [0, 0.05) is 21.5 Å². The van der Waals surface area contributed by atoms with Crippen molar-refractivity contribution in [2.24, 2.45) is 0 Å². The van der Waals surface area contributed by atoms with Crippen LogP contribution >= 0.6 is 0 Å². The van der Waals surface area contributed by atoms with Crippen LogP contribution in [0.3, 0.4) is 0 Å². The molecule has 1 saturated heterocycles. The molecule has 0 spiro atoms. The summed E-state index contributed by atoms with van der Waals surface area (Å²) in [7, 11) is 0. The van der Waals surface area contributed by atoms with E-state index in [4.69, 9.17) is 4.74 Å². The van der Waals surface area contributed by atoms with E-state index in [2.05, 4.69) is 11.8 Å². The second-order valence-electron chi connectivity index (χ2n) is 2.05. The van der Waals surface area contributed by atoms with Gasteiger partial charge in [-0.25, -0.2) is 0 Å². The highest BCUT2D eigenvalue weighted by molar-refractivity contribution is 5.75. The molecule has 51 valence electrons. The number of rotatable bonds is 1. The minimum Gasteiger partial charge on any atom is -0.379 e. The Hall–Kier alpha value is -0.0151. The summed E-state index contributed by atoms with van der Waals surface area (Å²) in [5.74, 6) is 0. The molecule has 1 heterocycles. The van der Waals surface area contributed by atoms with Crippen molar-refractivity contribution in [1.29, 1.82) is 0 Å². The first kappa shape index (κ1) is 8.98. The number of morpholine rings is 1. The van der Waals surface area contributed by atoms with Crippen LogP contribution in [0.5, 0.6) is 0 Å². The molecule has 2 nitrogen and oxygen atoms in total. The number of hydrogen-bond acceptors (Lipinski definition) is 2. The zero-order chi connectivity index (χ0) is 5.82. The summed E-state index contributed by atoms with van der Waals surface area (Å²) in [6.07, 6.45) is 0. The maximum Gasteiger partial charge on any atom is 0.0594 e. The van der Waals surface area contributed by atoms with Crippen LogP contribution in [-0.2, 0) is 4.74 Å². The fraction of sp³-hybridized carbons (Fsp3) is 1.00. The van der Waals surface area contributed by atoms with Gasteiger partial charge in [0.15, 0.2) is 0 Å². The van der Waals surface area contributed by atoms with E-state index in [0.29, 0.717) is 0 Å². The molecule has 0 N–H and O–H groups in total. The van der Waals surface area contributed by atoms with E-state index < -0.39 is 0 Å². The van der Waals surface area contributed by atoms with E-state index in [9.17, 15) is 0 Å². The van der Waals surface area contributed by atoms with Crippen LogP contribution in [0.1, 0.15) is 6.92 Å². The Bertz CT molecular complexity index is 64.1. The van der Waals surface area contributed by atoms with Crippen LogP contribution in [0, 0.1) is 0 Å². The molecule has 0 unspecified atom stereocenters. The van der Waals surface area contributed by atoms with E-state index in [-0.39, 0.29) is 8.41 Å². The zero-order valence-electron chi connectivity index (χ0n) is 5.97. The average Bonchev–Trinajstić information content (AvgIpc) is 1.90. The van der Waals surface area contributed by atoms with Crippen LogP contribution in [0.4, 0.5) is 0 Å². The molecule has 0 aliphatic carbocycles. The topological polar surface area (TPSA) is 12.5 Å².